The standard InChI is InChI=1S/C15H14ClNS2/c16-13-7-11(17)5-6-15(13)19-9-10-8-18-14-4-2-1-3-12(10)14/h1-7,10H,8-9,17H2. The Morgan fingerprint density at radius 2 is 2.11 bits per heavy atom. The first-order valence-electron chi connectivity index (χ1n) is 6.13. The molecule has 1 aliphatic heterocycles. The molecular weight excluding hydrogens is 294 g/mol. The number of nitrogens with two attached hydrogens (primary N) is 1. The number of anilines is 1. The average molecular weight is 308 g/mol. The second-order valence-electron chi connectivity index (χ2n) is 4.55. The molecule has 0 spiro atoms. The largest absolute Gasteiger partial charge is 0.399 e. The molecule has 0 bridgehead atoms. The van der Waals surface area contributed by atoms with Crippen LogP contribution in [0.2, 0.25) is 5.02 Å². The highest BCUT2D eigenvalue weighted by Crippen LogP contribution is 2.42. The molecule has 1 nitrogen and oxygen atoms in total. The molecule has 4 heteroatoms. The Morgan fingerprint density at radius 1 is 1.26 bits per heavy atom. The zero-order valence-electron chi connectivity index (χ0n) is 10.3. The van der Waals surface area contributed by atoms with E-state index in [1.807, 2.05) is 41.7 Å². The second kappa shape index (κ2) is 5.70. The number of fused-ring (bicyclic) bond motifs is 1. The maximum Gasteiger partial charge on any atom is 0.0562 e. The van der Waals surface area contributed by atoms with E-state index in [1.54, 1.807) is 0 Å². The van der Waals surface area contributed by atoms with Crippen molar-refractivity contribution in [3.63, 3.8) is 0 Å². The molecule has 1 atom stereocenters. The van der Waals surface area contributed by atoms with Gasteiger partial charge in [-0.2, -0.15) is 0 Å². The third-order valence-electron chi connectivity index (χ3n) is 3.19. The van der Waals surface area contributed by atoms with Crippen molar-refractivity contribution in [1.29, 1.82) is 0 Å². The minimum absolute atomic E-state index is 0.611. The number of rotatable bonds is 3. The summed E-state index contributed by atoms with van der Waals surface area (Å²) in [6.07, 6.45) is 0. The highest BCUT2D eigenvalue weighted by atomic mass is 35.5. The van der Waals surface area contributed by atoms with Gasteiger partial charge in [-0.3, -0.25) is 0 Å². The molecule has 0 radical (unpaired) electrons. The van der Waals surface area contributed by atoms with Gasteiger partial charge >= 0.3 is 0 Å². The first-order valence-corrected chi connectivity index (χ1v) is 8.48. The Balaban J connectivity index is 1.71. The fraction of sp³-hybridized carbons (Fsp3) is 0.200. The summed E-state index contributed by atoms with van der Waals surface area (Å²) in [6.45, 7) is 0. The predicted octanol–water partition coefficient (Wildman–Crippen LogP) is 4.90. The van der Waals surface area contributed by atoms with E-state index < -0.39 is 0 Å². The lowest BCUT2D eigenvalue weighted by atomic mass is 10.0. The zero-order valence-corrected chi connectivity index (χ0v) is 12.7. The molecule has 19 heavy (non-hydrogen) atoms. The minimum Gasteiger partial charge on any atom is -0.399 e. The molecule has 1 heterocycles. The van der Waals surface area contributed by atoms with Crippen LogP contribution in [0.3, 0.4) is 0 Å². The van der Waals surface area contributed by atoms with E-state index in [1.165, 1.54) is 16.2 Å². The molecule has 2 aromatic rings. The van der Waals surface area contributed by atoms with Gasteiger partial charge in [-0.15, -0.1) is 23.5 Å². The first-order chi connectivity index (χ1) is 9.24. The van der Waals surface area contributed by atoms with Gasteiger partial charge in [0, 0.05) is 32.9 Å². The fourth-order valence-corrected chi connectivity index (χ4v) is 4.99. The Kier molecular flexibility index (Phi) is 3.96. The minimum atomic E-state index is 0.611. The summed E-state index contributed by atoms with van der Waals surface area (Å²) in [5.41, 5.74) is 7.91. The molecule has 98 valence electrons. The highest BCUT2D eigenvalue weighted by molar-refractivity contribution is 8.00. The Bertz CT molecular complexity index is 600. The smallest absolute Gasteiger partial charge is 0.0562 e. The molecule has 1 aliphatic rings. The van der Waals surface area contributed by atoms with Gasteiger partial charge in [0.2, 0.25) is 0 Å². The average Bonchev–Trinajstić information content (AvgIpc) is 2.81. The normalized spacial score (nSPS) is 17.4. The number of nitrogen functional groups attached to an aromatic ring is 1. The van der Waals surface area contributed by atoms with Crippen LogP contribution in [-0.2, 0) is 0 Å². The highest BCUT2D eigenvalue weighted by Gasteiger charge is 2.22. The van der Waals surface area contributed by atoms with E-state index in [4.69, 9.17) is 17.3 Å². The van der Waals surface area contributed by atoms with E-state index in [0.717, 1.165) is 21.4 Å². The summed E-state index contributed by atoms with van der Waals surface area (Å²) in [4.78, 5) is 2.54. The zero-order chi connectivity index (χ0) is 13.2. The molecule has 0 saturated heterocycles. The van der Waals surface area contributed by atoms with Gasteiger partial charge in [0.15, 0.2) is 0 Å². The second-order valence-corrected chi connectivity index (χ2v) is 7.08. The van der Waals surface area contributed by atoms with E-state index in [-0.39, 0.29) is 0 Å². The lowest BCUT2D eigenvalue weighted by Crippen LogP contribution is -2.00. The monoisotopic (exact) mass is 307 g/mol. The van der Waals surface area contributed by atoms with Gasteiger partial charge < -0.3 is 5.73 Å². The molecule has 2 aromatic carbocycles. The lowest BCUT2D eigenvalue weighted by Gasteiger charge is -2.11. The van der Waals surface area contributed by atoms with Crippen LogP contribution in [0.1, 0.15) is 11.5 Å². The van der Waals surface area contributed by atoms with Crippen molar-refractivity contribution in [2.45, 2.75) is 15.7 Å². The summed E-state index contributed by atoms with van der Waals surface area (Å²) in [7, 11) is 0. The molecule has 3 rings (SSSR count). The van der Waals surface area contributed by atoms with Crippen LogP contribution in [0.15, 0.2) is 52.3 Å². The van der Waals surface area contributed by atoms with Gasteiger partial charge in [0.25, 0.3) is 0 Å². The van der Waals surface area contributed by atoms with Crippen LogP contribution < -0.4 is 5.73 Å². The molecule has 0 aliphatic carbocycles. The van der Waals surface area contributed by atoms with Crippen LogP contribution in [0.5, 0.6) is 0 Å². The SMILES string of the molecule is Nc1ccc(SCC2CSc3ccccc32)c(Cl)c1. The Hall–Kier alpha value is -0.770. The maximum absolute atomic E-state index is 6.21. The third kappa shape index (κ3) is 2.88. The van der Waals surface area contributed by atoms with E-state index in [0.29, 0.717) is 5.92 Å². The Labute approximate surface area is 126 Å². The third-order valence-corrected chi connectivity index (χ3v) is 6.11. The van der Waals surface area contributed by atoms with Gasteiger partial charge in [-0.05, 0) is 29.8 Å². The molecule has 2 N–H and O–H groups in total. The molecular formula is C15H14ClNS2. The van der Waals surface area contributed by atoms with Crippen molar-refractivity contribution >= 4 is 40.8 Å². The van der Waals surface area contributed by atoms with Gasteiger partial charge in [0.05, 0.1) is 5.02 Å². The van der Waals surface area contributed by atoms with Crippen LogP contribution in [0.4, 0.5) is 5.69 Å². The quantitative estimate of drug-likeness (QED) is 0.645. The summed E-state index contributed by atoms with van der Waals surface area (Å²) in [6, 6.07) is 14.4. The number of benzene rings is 2. The molecule has 0 saturated carbocycles. The number of halogens is 1. The van der Waals surface area contributed by atoms with Crippen molar-refractivity contribution in [3.8, 4) is 0 Å². The van der Waals surface area contributed by atoms with Crippen LogP contribution in [-0.4, -0.2) is 11.5 Å². The maximum atomic E-state index is 6.21. The number of thioether (sulfide) groups is 2. The summed E-state index contributed by atoms with van der Waals surface area (Å²) in [5.74, 6) is 2.84. The first kappa shape index (κ1) is 13.2. The molecule has 0 aromatic heterocycles. The van der Waals surface area contributed by atoms with E-state index in [9.17, 15) is 0 Å². The van der Waals surface area contributed by atoms with Crippen molar-refractivity contribution < 1.29 is 0 Å². The summed E-state index contributed by atoms with van der Waals surface area (Å²) >= 11 is 9.98. The van der Waals surface area contributed by atoms with Crippen molar-refractivity contribution in [2.75, 3.05) is 17.2 Å². The van der Waals surface area contributed by atoms with Gasteiger partial charge in [0.1, 0.15) is 0 Å². The van der Waals surface area contributed by atoms with Crippen molar-refractivity contribution in [3.05, 3.63) is 53.1 Å². The van der Waals surface area contributed by atoms with Crippen molar-refractivity contribution in [2.24, 2.45) is 0 Å². The predicted molar refractivity (Wildman–Crippen MR) is 86.5 cm³/mol. The van der Waals surface area contributed by atoms with Crippen LogP contribution in [0, 0.1) is 0 Å². The Morgan fingerprint density at radius 3 is 2.95 bits per heavy atom. The van der Waals surface area contributed by atoms with E-state index in [2.05, 4.69) is 24.3 Å². The molecule has 0 amide bonds. The summed E-state index contributed by atoms with van der Waals surface area (Å²) in [5, 5.41) is 0.754. The number of hydrogen-bond acceptors (Lipinski definition) is 3. The van der Waals surface area contributed by atoms with Crippen molar-refractivity contribution in [1.82, 2.24) is 0 Å². The van der Waals surface area contributed by atoms with Gasteiger partial charge in [-0.1, -0.05) is 29.8 Å². The van der Waals surface area contributed by atoms with Crippen LogP contribution in [0.25, 0.3) is 0 Å². The number of hydrogen-bond donors (Lipinski definition) is 1. The van der Waals surface area contributed by atoms with Gasteiger partial charge in [-0.25, -0.2) is 0 Å². The molecule has 1 unspecified atom stereocenters. The summed E-state index contributed by atoms with van der Waals surface area (Å²) < 4.78 is 0. The lowest BCUT2D eigenvalue weighted by molar-refractivity contribution is 0.896. The topological polar surface area (TPSA) is 26.0 Å². The molecule has 0 fully saturated rings. The fourth-order valence-electron chi connectivity index (χ4n) is 2.19. The van der Waals surface area contributed by atoms with Crippen LogP contribution >= 0.6 is 35.1 Å². The van der Waals surface area contributed by atoms with E-state index >= 15 is 0 Å².